The molecular formula is C24H20O3. The molecule has 0 saturated heterocycles. The maximum atomic E-state index is 10.4. The monoisotopic (exact) mass is 356 g/mol. The van der Waals surface area contributed by atoms with Gasteiger partial charge in [-0.05, 0) is 64.2 Å². The van der Waals surface area contributed by atoms with Gasteiger partial charge in [-0.15, -0.1) is 0 Å². The van der Waals surface area contributed by atoms with Gasteiger partial charge in [0.25, 0.3) is 0 Å². The van der Waals surface area contributed by atoms with Crippen LogP contribution in [0.4, 0.5) is 0 Å². The summed E-state index contributed by atoms with van der Waals surface area (Å²) in [5.41, 5.74) is 4.22. The van der Waals surface area contributed by atoms with E-state index in [2.05, 4.69) is 18.2 Å². The maximum absolute atomic E-state index is 10.4. The lowest BCUT2D eigenvalue weighted by Crippen LogP contribution is -1.93. The Morgan fingerprint density at radius 2 is 1.07 bits per heavy atom. The van der Waals surface area contributed by atoms with Gasteiger partial charge in [0, 0.05) is 12.0 Å². The van der Waals surface area contributed by atoms with Crippen LogP contribution in [0.2, 0.25) is 0 Å². The summed E-state index contributed by atoms with van der Waals surface area (Å²) in [4.78, 5) is 0. The minimum Gasteiger partial charge on any atom is -0.508 e. The molecular weight excluding hydrogens is 336 g/mol. The van der Waals surface area contributed by atoms with Gasteiger partial charge in [-0.2, -0.15) is 0 Å². The molecule has 4 aromatic carbocycles. The topological polar surface area (TPSA) is 60.7 Å². The van der Waals surface area contributed by atoms with Crippen molar-refractivity contribution in [1.29, 1.82) is 0 Å². The summed E-state index contributed by atoms with van der Waals surface area (Å²) < 4.78 is 0. The van der Waals surface area contributed by atoms with Crippen molar-refractivity contribution in [3.05, 3.63) is 101 Å². The van der Waals surface area contributed by atoms with Crippen molar-refractivity contribution in [3.63, 3.8) is 0 Å². The molecule has 0 aliphatic rings. The van der Waals surface area contributed by atoms with Crippen molar-refractivity contribution >= 4 is 10.8 Å². The van der Waals surface area contributed by atoms with Gasteiger partial charge < -0.3 is 15.3 Å². The first-order chi connectivity index (χ1) is 13.1. The summed E-state index contributed by atoms with van der Waals surface area (Å²) >= 11 is 0. The molecule has 0 fully saturated rings. The van der Waals surface area contributed by atoms with Gasteiger partial charge in [0.05, 0.1) is 0 Å². The maximum Gasteiger partial charge on any atom is 0.119 e. The summed E-state index contributed by atoms with van der Waals surface area (Å²) in [5.74, 6) is 0.785. The summed E-state index contributed by atoms with van der Waals surface area (Å²) in [6, 6.07) is 24.2. The number of phenols is 3. The number of hydrogen-bond donors (Lipinski definition) is 3. The Labute approximate surface area is 157 Å². The molecule has 3 nitrogen and oxygen atoms in total. The van der Waals surface area contributed by atoms with Crippen LogP contribution >= 0.6 is 0 Å². The summed E-state index contributed by atoms with van der Waals surface area (Å²) in [6.45, 7) is 0. The average Bonchev–Trinajstić information content (AvgIpc) is 2.67. The Morgan fingerprint density at radius 3 is 1.70 bits per heavy atom. The van der Waals surface area contributed by atoms with E-state index < -0.39 is 0 Å². The average molecular weight is 356 g/mol. The standard InChI is InChI=1S/C24H20O3/c25-20-7-1-16(2-8-20)13-18-5-11-22-19(14-18)6-12-24(27)23(22)15-17-3-9-21(26)10-4-17/h1-12,14,25-27H,13,15H2. The molecule has 0 spiro atoms. The minimum atomic E-state index is 0.236. The molecule has 0 aromatic heterocycles. The molecule has 3 N–H and O–H groups in total. The highest BCUT2D eigenvalue weighted by Crippen LogP contribution is 2.31. The first-order valence-electron chi connectivity index (χ1n) is 8.88. The molecule has 0 heterocycles. The lowest BCUT2D eigenvalue weighted by Gasteiger charge is -2.11. The lowest BCUT2D eigenvalue weighted by atomic mass is 9.95. The van der Waals surface area contributed by atoms with E-state index >= 15 is 0 Å². The van der Waals surface area contributed by atoms with Crippen LogP contribution in [0.15, 0.2) is 78.9 Å². The zero-order valence-electron chi connectivity index (χ0n) is 14.8. The molecule has 4 aromatic rings. The minimum absolute atomic E-state index is 0.236. The Morgan fingerprint density at radius 1 is 0.519 bits per heavy atom. The second kappa shape index (κ2) is 7.04. The Hall–Kier alpha value is -3.46. The Bertz CT molecular complexity index is 1080. The molecule has 4 rings (SSSR count). The van der Waals surface area contributed by atoms with Gasteiger partial charge in [0.2, 0.25) is 0 Å². The smallest absolute Gasteiger partial charge is 0.119 e. The van der Waals surface area contributed by atoms with Crippen molar-refractivity contribution in [1.82, 2.24) is 0 Å². The van der Waals surface area contributed by atoms with Crippen molar-refractivity contribution in [2.24, 2.45) is 0 Å². The van der Waals surface area contributed by atoms with Gasteiger partial charge in [-0.25, -0.2) is 0 Å². The van der Waals surface area contributed by atoms with E-state index in [1.165, 1.54) is 5.56 Å². The fourth-order valence-corrected chi connectivity index (χ4v) is 3.40. The predicted molar refractivity (Wildman–Crippen MR) is 107 cm³/mol. The van der Waals surface area contributed by atoms with E-state index in [0.29, 0.717) is 6.42 Å². The van der Waals surface area contributed by atoms with Gasteiger partial charge in [0.15, 0.2) is 0 Å². The zero-order chi connectivity index (χ0) is 18.8. The van der Waals surface area contributed by atoms with Crippen LogP contribution in [0.25, 0.3) is 10.8 Å². The summed E-state index contributed by atoms with van der Waals surface area (Å²) in [6.07, 6.45) is 1.38. The summed E-state index contributed by atoms with van der Waals surface area (Å²) in [5, 5.41) is 31.4. The number of phenolic OH excluding ortho intramolecular Hbond substituents is 3. The molecule has 0 bridgehead atoms. The van der Waals surface area contributed by atoms with Gasteiger partial charge >= 0.3 is 0 Å². The molecule has 0 aliphatic heterocycles. The molecule has 0 aliphatic carbocycles. The quantitative estimate of drug-likeness (QED) is 0.474. The van der Waals surface area contributed by atoms with E-state index in [4.69, 9.17) is 0 Å². The highest BCUT2D eigenvalue weighted by atomic mass is 16.3. The van der Waals surface area contributed by atoms with Gasteiger partial charge in [0.1, 0.15) is 17.2 Å². The summed E-state index contributed by atoms with van der Waals surface area (Å²) in [7, 11) is 0. The van der Waals surface area contributed by atoms with Crippen molar-refractivity contribution < 1.29 is 15.3 Å². The van der Waals surface area contributed by atoms with Crippen LogP contribution in [-0.2, 0) is 12.8 Å². The third-order valence-electron chi connectivity index (χ3n) is 4.83. The molecule has 0 amide bonds. The highest BCUT2D eigenvalue weighted by molar-refractivity contribution is 5.88. The Balaban J connectivity index is 1.67. The normalized spacial score (nSPS) is 11.0. The number of hydrogen-bond acceptors (Lipinski definition) is 3. The van der Waals surface area contributed by atoms with Gasteiger partial charge in [-0.3, -0.25) is 0 Å². The van der Waals surface area contributed by atoms with E-state index in [1.54, 1.807) is 30.3 Å². The molecule has 3 heteroatoms. The van der Waals surface area contributed by atoms with Crippen LogP contribution in [0.1, 0.15) is 22.3 Å². The molecule has 0 unspecified atom stereocenters. The highest BCUT2D eigenvalue weighted by Gasteiger charge is 2.09. The first-order valence-corrected chi connectivity index (χ1v) is 8.88. The van der Waals surface area contributed by atoms with Crippen molar-refractivity contribution in [2.45, 2.75) is 12.8 Å². The molecule has 0 radical (unpaired) electrons. The fraction of sp³-hybridized carbons (Fsp3) is 0.0833. The second-order valence-corrected chi connectivity index (χ2v) is 6.81. The van der Waals surface area contributed by atoms with E-state index in [9.17, 15) is 15.3 Å². The number of fused-ring (bicyclic) bond motifs is 1. The van der Waals surface area contributed by atoms with Crippen molar-refractivity contribution in [3.8, 4) is 17.2 Å². The van der Waals surface area contributed by atoms with Crippen LogP contribution in [0, 0.1) is 0 Å². The van der Waals surface area contributed by atoms with Crippen LogP contribution in [-0.4, -0.2) is 15.3 Å². The third-order valence-corrected chi connectivity index (χ3v) is 4.83. The van der Waals surface area contributed by atoms with E-state index in [0.717, 1.165) is 33.9 Å². The van der Waals surface area contributed by atoms with Crippen LogP contribution in [0.5, 0.6) is 17.2 Å². The van der Waals surface area contributed by atoms with E-state index in [1.807, 2.05) is 30.3 Å². The third kappa shape index (κ3) is 3.72. The van der Waals surface area contributed by atoms with E-state index in [-0.39, 0.29) is 17.2 Å². The zero-order valence-corrected chi connectivity index (χ0v) is 14.8. The largest absolute Gasteiger partial charge is 0.508 e. The van der Waals surface area contributed by atoms with Crippen LogP contribution in [0.3, 0.4) is 0 Å². The fourth-order valence-electron chi connectivity index (χ4n) is 3.40. The number of benzene rings is 4. The van der Waals surface area contributed by atoms with Crippen molar-refractivity contribution in [2.75, 3.05) is 0 Å². The molecule has 0 saturated carbocycles. The first kappa shape index (κ1) is 17.0. The second-order valence-electron chi connectivity index (χ2n) is 6.81. The number of rotatable bonds is 4. The molecule has 0 atom stereocenters. The molecule has 27 heavy (non-hydrogen) atoms. The van der Waals surface area contributed by atoms with Gasteiger partial charge in [-0.1, -0.05) is 48.5 Å². The number of aromatic hydroxyl groups is 3. The molecule has 134 valence electrons. The predicted octanol–water partition coefficient (Wildman–Crippen LogP) is 5.14. The lowest BCUT2D eigenvalue weighted by molar-refractivity contribution is 0.470. The Kier molecular flexibility index (Phi) is 4.43. The SMILES string of the molecule is Oc1ccc(Cc2ccc3c(Cc4ccc(O)cc4)c(O)ccc3c2)cc1. The van der Waals surface area contributed by atoms with Crippen LogP contribution < -0.4 is 0 Å².